The predicted octanol–water partition coefficient (Wildman–Crippen LogP) is 0.416. The number of carbonyl (C=O) groups excluding carboxylic acids is 3. The lowest BCUT2D eigenvalue weighted by molar-refractivity contribution is -0.327. The van der Waals surface area contributed by atoms with Gasteiger partial charge in [0, 0.05) is 19.3 Å². The Morgan fingerprint density at radius 3 is 1.24 bits per heavy atom. The van der Waals surface area contributed by atoms with E-state index in [0.717, 1.165) is 0 Å². The van der Waals surface area contributed by atoms with Crippen LogP contribution < -0.4 is 5.73 Å². The van der Waals surface area contributed by atoms with Crippen LogP contribution in [-0.4, -0.2) is 24.0 Å². The van der Waals surface area contributed by atoms with Crippen LogP contribution in [0.2, 0.25) is 0 Å². The smallest absolute Gasteiger partial charge is 0.374 e. The van der Waals surface area contributed by atoms with Crippen molar-refractivity contribution in [3.05, 3.63) is 0 Å². The molecule has 0 aliphatic rings. The summed E-state index contributed by atoms with van der Waals surface area (Å²) in [6.07, 6.45) is -2.46. The van der Waals surface area contributed by atoms with Crippen LogP contribution in [0.25, 0.3) is 0 Å². The quantitative estimate of drug-likeness (QED) is 0.535. The molecule has 0 aromatic heterocycles. The average molecular weight is 247 g/mol. The third-order valence-corrected chi connectivity index (χ3v) is 1.63. The zero-order valence-corrected chi connectivity index (χ0v) is 10.1. The van der Waals surface area contributed by atoms with Crippen molar-refractivity contribution < 1.29 is 28.6 Å². The van der Waals surface area contributed by atoms with E-state index in [1.54, 1.807) is 0 Å². The van der Waals surface area contributed by atoms with Gasteiger partial charge in [0.05, 0.1) is 0 Å². The number of nitrogens with two attached hydrogens (primary N) is 1. The largest absolute Gasteiger partial charge is 0.496 e. The minimum absolute atomic E-state index is 0.00625. The molecule has 7 heteroatoms. The van der Waals surface area contributed by atoms with Crippen molar-refractivity contribution in [1.82, 2.24) is 0 Å². The first-order valence-corrected chi connectivity index (χ1v) is 5.31. The molecule has 2 N–H and O–H groups in total. The Balaban J connectivity index is 4.72. The Hall–Kier alpha value is -1.63. The van der Waals surface area contributed by atoms with Gasteiger partial charge in [0.25, 0.3) is 0 Å². The third-order valence-electron chi connectivity index (χ3n) is 1.63. The fourth-order valence-electron chi connectivity index (χ4n) is 0.755. The van der Waals surface area contributed by atoms with E-state index in [9.17, 15) is 14.4 Å². The molecule has 0 rings (SSSR count). The summed E-state index contributed by atoms with van der Waals surface area (Å²) in [5, 5.41) is 0. The van der Waals surface area contributed by atoms with Crippen molar-refractivity contribution in [2.75, 3.05) is 0 Å². The van der Waals surface area contributed by atoms with Crippen molar-refractivity contribution in [1.29, 1.82) is 0 Å². The van der Waals surface area contributed by atoms with Gasteiger partial charge in [-0.1, -0.05) is 20.8 Å². The molecular weight excluding hydrogens is 230 g/mol. The first kappa shape index (κ1) is 15.4. The molecule has 17 heavy (non-hydrogen) atoms. The van der Waals surface area contributed by atoms with Gasteiger partial charge < -0.3 is 14.2 Å². The monoisotopic (exact) mass is 247 g/mol. The number of esters is 3. The molecule has 0 heterocycles. The van der Waals surface area contributed by atoms with E-state index in [4.69, 9.17) is 5.73 Å². The molecule has 0 aliphatic carbocycles. The molecule has 0 amide bonds. The maximum absolute atomic E-state index is 11.1. The van der Waals surface area contributed by atoms with Gasteiger partial charge in [-0.2, -0.15) is 0 Å². The molecule has 0 aliphatic heterocycles. The van der Waals surface area contributed by atoms with Crippen molar-refractivity contribution in [3.8, 4) is 0 Å². The second-order valence-corrected chi connectivity index (χ2v) is 3.09. The Morgan fingerprint density at radius 1 is 0.824 bits per heavy atom. The van der Waals surface area contributed by atoms with Crippen LogP contribution in [0.15, 0.2) is 0 Å². The van der Waals surface area contributed by atoms with Gasteiger partial charge in [-0.25, -0.2) is 5.73 Å². The van der Waals surface area contributed by atoms with E-state index < -0.39 is 24.0 Å². The lowest BCUT2D eigenvalue weighted by atomic mass is 10.5. The van der Waals surface area contributed by atoms with Gasteiger partial charge in [0.15, 0.2) is 0 Å². The van der Waals surface area contributed by atoms with Crippen LogP contribution in [0.4, 0.5) is 0 Å². The van der Waals surface area contributed by atoms with E-state index in [1.165, 1.54) is 20.8 Å². The summed E-state index contributed by atoms with van der Waals surface area (Å²) in [7, 11) is 0. The molecule has 0 saturated carbocycles. The molecule has 0 fully saturated rings. The van der Waals surface area contributed by atoms with Gasteiger partial charge in [-0.05, 0) is 0 Å². The zero-order chi connectivity index (χ0) is 13.5. The Kier molecular flexibility index (Phi) is 6.19. The molecule has 7 nitrogen and oxygen atoms in total. The molecule has 0 radical (unpaired) electrons. The maximum atomic E-state index is 11.1. The number of ether oxygens (including phenoxy) is 3. The van der Waals surface area contributed by atoms with Crippen LogP contribution in [-0.2, 0) is 28.6 Å². The minimum atomic E-state index is -2.48. The predicted molar refractivity (Wildman–Crippen MR) is 56.1 cm³/mol. The molecule has 0 bridgehead atoms. The summed E-state index contributed by atoms with van der Waals surface area (Å²) >= 11 is 0. The third kappa shape index (κ3) is 5.86. The standard InChI is InChI=1S/C10H17NO6/c1-4-7(12)15-10(11,16-8(13)5-2)17-9(14)6-3/h4-6,11H2,1-3H3. The van der Waals surface area contributed by atoms with Crippen LogP contribution in [0.5, 0.6) is 0 Å². The van der Waals surface area contributed by atoms with Crippen LogP contribution in [0.1, 0.15) is 40.0 Å². The molecular formula is C10H17NO6. The SMILES string of the molecule is CCC(=O)OC(N)(OC(=O)CC)OC(=O)CC. The normalized spacial score (nSPS) is 10.6. The highest BCUT2D eigenvalue weighted by Crippen LogP contribution is 2.12. The number of hydrogen-bond donors (Lipinski definition) is 1. The highest BCUT2D eigenvalue weighted by Gasteiger charge is 2.38. The highest BCUT2D eigenvalue weighted by atomic mass is 16.9. The summed E-state index contributed by atoms with van der Waals surface area (Å²) in [6.45, 7) is 4.56. The number of carbonyl (C=O) groups is 3. The number of rotatable bonds is 6. The zero-order valence-electron chi connectivity index (χ0n) is 10.1. The topological polar surface area (TPSA) is 105 Å². The molecule has 0 aromatic carbocycles. The highest BCUT2D eigenvalue weighted by molar-refractivity contribution is 5.73. The molecule has 0 saturated heterocycles. The molecule has 0 spiro atoms. The Labute approximate surface area is 99.2 Å². The summed E-state index contributed by atoms with van der Waals surface area (Å²) in [6, 6.07) is 0. The summed E-state index contributed by atoms with van der Waals surface area (Å²) < 4.78 is 13.8. The second kappa shape index (κ2) is 6.85. The van der Waals surface area contributed by atoms with Gasteiger partial charge in [-0.3, -0.25) is 14.4 Å². The second-order valence-electron chi connectivity index (χ2n) is 3.09. The molecule has 0 aromatic rings. The molecule has 0 atom stereocenters. The van der Waals surface area contributed by atoms with Gasteiger partial charge in [0.1, 0.15) is 0 Å². The minimum Gasteiger partial charge on any atom is -0.374 e. The molecule has 98 valence electrons. The first-order chi connectivity index (χ1) is 7.86. The maximum Gasteiger partial charge on any atom is 0.496 e. The van der Waals surface area contributed by atoms with Crippen LogP contribution in [0.3, 0.4) is 0 Å². The van der Waals surface area contributed by atoms with Crippen molar-refractivity contribution in [2.45, 2.75) is 46.1 Å². The van der Waals surface area contributed by atoms with Gasteiger partial charge in [0.2, 0.25) is 0 Å². The van der Waals surface area contributed by atoms with Crippen LogP contribution >= 0.6 is 0 Å². The summed E-state index contributed by atoms with van der Waals surface area (Å²) in [5.41, 5.74) is 5.40. The van der Waals surface area contributed by atoms with E-state index in [1.807, 2.05) is 0 Å². The van der Waals surface area contributed by atoms with Gasteiger partial charge >= 0.3 is 24.0 Å². The van der Waals surface area contributed by atoms with E-state index in [-0.39, 0.29) is 19.3 Å². The van der Waals surface area contributed by atoms with Crippen molar-refractivity contribution in [2.24, 2.45) is 5.73 Å². The summed E-state index contributed by atoms with van der Waals surface area (Å²) in [4.78, 5) is 33.2. The lowest BCUT2D eigenvalue weighted by Gasteiger charge is -2.26. The first-order valence-electron chi connectivity index (χ1n) is 5.31. The van der Waals surface area contributed by atoms with E-state index in [2.05, 4.69) is 14.2 Å². The lowest BCUT2D eigenvalue weighted by Crippen LogP contribution is -2.52. The van der Waals surface area contributed by atoms with Gasteiger partial charge in [-0.15, -0.1) is 0 Å². The van der Waals surface area contributed by atoms with Crippen LogP contribution in [0, 0.1) is 0 Å². The average Bonchev–Trinajstić information content (AvgIpc) is 2.27. The van der Waals surface area contributed by atoms with E-state index in [0.29, 0.717) is 0 Å². The van der Waals surface area contributed by atoms with Crippen molar-refractivity contribution >= 4 is 17.9 Å². The summed E-state index contributed by atoms with van der Waals surface area (Å²) in [5.74, 6) is -2.25. The Morgan fingerprint density at radius 2 is 1.06 bits per heavy atom. The fourth-order valence-corrected chi connectivity index (χ4v) is 0.755. The Bertz CT molecular complexity index is 256. The molecule has 0 unspecified atom stereocenters. The van der Waals surface area contributed by atoms with E-state index >= 15 is 0 Å². The van der Waals surface area contributed by atoms with Crippen molar-refractivity contribution in [3.63, 3.8) is 0 Å². The fraction of sp³-hybridized carbons (Fsp3) is 0.700. The number of hydrogen-bond acceptors (Lipinski definition) is 7.